The van der Waals surface area contributed by atoms with E-state index in [9.17, 15) is 8.78 Å². The first-order valence-electron chi connectivity index (χ1n) is 6.43. The molecule has 1 aromatic carbocycles. The Kier molecular flexibility index (Phi) is 4.66. The van der Waals surface area contributed by atoms with Gasteiger partial charge >= 0.3 is 0 Å². The molecule has 0 bridgehead atoms. The molecule has 0 aliphatic heterocycles. The Bertz CT molecular complexity index is 397. The first kappa shape index (κ1) is 13.4. The van der Waals surface area contributed by atoms with Crippen LogP contribution in [0.1, 0.15) is 31.2 Å². The van der Waals surface area contributed by atoms with Gasteiger partial charge in [-0.25, -0.2) is 8.78 Å². The van der Waals surface area contributed by atoms with Gasteiger partial charge in [0.15, 0.2) is 11.6 Å². The second kappa shape index (κ2) is 6.25. The van der Waals surface area contributed by atoms with Crippen LogP contribution in [0.5, 0.6) is 0 Å². The molecule has 2 nitrogen and oxygen atoms in total. The topological polar surface area (TPSA) is 21.3 Å². The van der Waals surface area contributed by atoms with Crippen molar-refractivity contribution < 1.29 is 13.5 Å². The van der Waals surface area contributed by atoms with Crippen LogP contribution in [-0.2, 0) is 11.3 Å². The molecule has 2 unspecified atom stereocenters. The van der Waals surface area contributed by atoms with Crippen LogP contribution in [-0.4, -0.2) is 19.2 Å². The van der Waals surface area contributed by atoms with E-state index in [1.165, 1.54) is 18.9 Å². The second-order valence-corrected chi connectivity index (χ2v) is 4.78. The van der Waals surface area contributed by atoms with Gasteiger partial charge in [-0.3, -0.25) is 0 Å². The third-order valence-corrected chi connectivity index (χ3v) is 3.52. The van der Waals surface area contributed by atoms with E-state index in [0.717, 1.165) is 18.9 Å². The molecule has 0 radical (unpaired) electrons. The van der Waals surface area contributed by atoms with Crippen molar-refractivity contribution in [1.82, 2.24) is 5.32 Å². The minimum atomic E-state index is -0.815. The number of benzene rings is 1. The van der Waals surface area contributed by atoms with Crippen molar-refractivity contribution in [3.8, 4) is 0 Å². The maximum absolute atomic E-state index is 13.0. The number of ether oxygens (including phenoxy) is 1. The molecule has 4 heteroatoms. The second-order valence-electron chi connectivity index (χ2n) is 4.78. The predicted molar refractivity (Wildman–Crippen MR) is 66.3 cm³/mol. The quantitative estimate of drug-likeness (QED) is 0.893. The Balaban J connectivity index is 1.91. The maximum Gasteiger partial charge on any atom is 0.159 e. The number of hydrogen-bond acceptors (Lipinski definition) is 2. The van der Waals surface area contributed by atoms with Gasteiger partial charge in [0.1, 0.15) is 0 Å². The molecular formula is C14H19F2NO. The third kappa shape index (κ3) is 3.27. The van der Waals surface area contributed by atoms with E-state index < -0.39 is 11.6 Å². The molecule has 0 spiro atoms. The van der Waals surface area contributed by atoms with E-state index in [4.69, 9.17) is 4.74 Å². The molecule has 1 aliphatic carbocycles. The zero-order valence-corrected chi connectivity index (χ0v) is 10.6. The van der Waals surface area contributed by atoms with Gasteiger partial charge in [0.25, 0.3) is 0 Å². The lowest BCUT2D eigenvalue weighted by atomic mass is 9.92. The fourth-order valence-corrected chi connectivity index (χ4v) is 2.46. The van der Waals surface area contributed by atoms with Gasteiger partial charge in [-0.1, -0.05) is 18.9 Å². The Morgan fingerprint density at radius 2 is 2.00 bits per heavy atom. The van der Waals surface area contributed by atoms with Gasteiger partial charge < -0.3 is 10.1 Å². The maximum atomic E-state index is 13.0. The molecule has 1 fully saturated rings. The Morgan fingerprint density at radius 1 is 1.22 bits per heavy atom. The van der Waals surface area contributed by atoms with Gasteiger partial charge in [-0.05, 0) is 37.6 Å². The smallest absolute Gasteiger partial charge is 0.159 e. The molecule has 1 N–H and O–H groups in total. The van der Waals surface area contributed by atoms with Crippen LogP contribution in [0.2, 0.25) is 0 Å². The van der Waals surface area contributed by atoms with Crippen molar-refractivity contribution in [1.29, 1.82) is 0 Å². The van der Waals surface area contributed by atoms with E-state index in [-0.39, 0.29) is 6.10 Å². The summed E-state index contributed by atoms with van der Waals surface area (Å²) >= 11 is 0. The Morgan fingerprint density at radius 3 is 2.72 bits per heavy atom. The fourth-order valence-electron chi connectivity index (χ4n) is 2.46. The molecule has 100 valence electrons. The lowest BCUT2D eigenvalue weighted by Crippen LogP contribution is -2.41. The minimum Gasteiger partial charge on any atom is -0.372 e. The molecule has 2 rings (SSSR count). The van der Waals surface area contributed by atoms with E-state index in [1.54, 1.807) is 6.07 Å². The fraction of sp³-hybridized carbons (Fsp3) is 0.571. The predicted octanol–water partition coefficient (Wildman–Crippen LogP) is 3.01. The lowest BCUT2D eigenvalue weighted by molar-refractivity contribution is -0.00372. The van der Waals surface area contributed by atoms with E-state index in [0.29, 0.717) is 18.2 Å². The summed E-state index contributed by atoms with van der Waals surface area (Å²) in [5.41, 5.74) is 0.675. The molecule has 18 heavy (non-hydrogen) atoms. The molecule has 2 atom stereocenters. The van der Waals surface area contributed by atoms with Gasteiger partial charge in [0.05, 0.1) is 12.7 Å². The van der Waals surface area contributed by atoms with E-state index in [2.05, 4.69) is 5.32 Å². The van der Waals surface area contributed by atoms with Crippen LogP contribution in [0.25, 0.3) is 0 Å². The van der Waals surface area contributed by atoms with E-state index >= 15 is 0 Å². The zero-order chi connectivity index (χ0) is 13.0. The Hall–Kier alpha value is -1.00. The molecule has 1 aliphatic rings. The minimum absolute atomic E-state index is 0.164. The number of hydrogen-bond donors (Lipinski definition) is 1. The van der Waals surface area contributed by atoms with Gasteiger partial charge in [0.2, 0.25) is 0 Å². The number of halogens is 2. The van der Waals surface area contributed by atoms with Crippen molar-refractivity contribution in [2.24, 2.45) is 0 Å². The highest BCUT2D eigenvalue weighted by Crippen LogP contribution is 2.22. The monoisotopic (exact) mass is 255 g/mol. The molecule has 0 saturated heterocycles. The SMILES string of the molecule is CNC1CCCCC1OCc1ccc(F)c(F)c1. The third-order valence-electron chi connectivity index (χ3n) is 3.52. The molecule has 1 saturated carbocycles. The van der Waals surface area contributed by atoms with Crippen LogP contribution < -0.4 is 5.32 Å². The van der Waals surface area contributed by atoms with Gasteiger partial charge in [-0.2, -0.15) is 0 Å². The largest absolute Gasteiger partial charge is 0.372 e. The summed E-state index contributed by atoms with van der Waals surface area (Å²) in [6, 6.07) is 4.27. The van der Waals surface area contributed by atoms with Crippen molar-refractivity contribution >= 4 is 0 Å². The van der Waals surface area contributed by atoms with Crippen LogP contribution >= 0.6 is 0 Å². The lowest BCUT2D eigenvalue weighted by Gasteiger charge is -2.31. The normalized spacial score (nSPS) is 24.2. The molecule has 1 aromatic rings. The molecule has 0 aromatic heterocycles. The van der Waals surface area contributed by atoms with Crippen LogP contribution in [0.3, 0.4) is 0 Å². The molecule has 0 amide bonds. The summed E-state index contributed by atoms with van der Waals surface area (Å²) in [6.07, 6.45) is 4.68. The van der Waals surface area contributed by atoms with Crippen LogP contribution in [0.15, 0.2) is 18.2 Å². The molecule has 0 heterocycles. The zero-order valence-electron chi connectivity index (χ0n) is 10.6. The summed E-state index contributed by atoms with van der Waals surface area (Å²) in [7, 11) is 1.93. The van der Waals surface area contributed by atoms with Crippen molar-refractivity contribution in [3.05, 3.63) is 35.4 Å². The summed E-state index contributed by atoms with van der Waals surface area (Å²) in [6.45, 7) is 0.333. The number of rotatable bonds is 4. The van der Waals surface area contributed by atoms with Crippen LogP contribution in [0.4, 0.5) is 8.78 Å². The highest BCUT2D eigenvalue weighted by atomic mass is 19.2. The first-order valence-corrected chi connectivity index (χ1v) is 6.43. The summed E-state index contributed by atoms with van der Waals surface area (Å²) in [5, 5.41) is 3.25. The highest BCUT2D eigenvalue weighted by Gasteiger charge is 2.24. The number of likely N-dealkylation sites (N-methyl/N-ethyl adjacent to an activating group) is 1. The first-order chi connectivity index (χ1) is 8.70. The van der Waals surface area contributed by atoms with E-state index in [1.807, 2.05) is 7.05 Å². The molecular weight excluding hydrogens is 236 g/mol. The van der Waals surface area contributed by atoms with Crippen molar-refractivity contribution in [2.75, 3.05) is 7.05 Å². The summed E-state index contributed by atoms with van der Waals surface area (Å²) in [4.78, 5) is 0. The standard InChI is InChI=1S/C14H19F2NO/c1-17-13-4-2-3-5-14(13)18-9-10-6-7-11(15)12(16)8-10/h6-8,13-14,17H,2-5,9H2,1H3. The van der Waals surface area contributed by atoms with Crippen molar-refractivity contribution in [2.45, 2.75) is 44.4 Å². The van der Waals surface area contributed by atoms with Crippen LogP contribution in [0, 0.1) is 11.6 Å². The van der Waals surface area contributed by atoms with Crippen molar-refractivity contribution in [3.63, 3.8) is 0 Å². The average molecular weight is 255 g/mol. The highest BCUT2D eigenvalue weighted by molar-refractivity contribution is 5.16. The number of nitrogens with one attached hydrogen (secondary N) is 1. The summed E-state index contributed by atoms with van der Waals surface area (Å²) < 4.78 is 31.6. The Labute approximate surface area is 106 Å². The average Bonchev–Trinajstić information content (AvgIpc) is 2.40. The van der Waals surface area contributed by atoms with Gasteiger partial charge in [-0.15, -0.1) is 0 Å². The summed E-state index contributed by atoms with van der Waals surface area (Å²) in [5.74, 6) is -1.63. The van der Waals surface area contributed by atoms with Gasteiger partial charge in [0, 0.05) is 6.04 Å².